The summed E-state index contributed by atoms with van der Waals surface area (Å²) < 4.78 is 18.4. The van der Waals surface area contributed by atoms with Crippen molar-refractivity contribution in [1.82, 2.24) is 0 Å². The first-order valence-electron chi connectivity index (χ1n) is 5.50. The molecule has 0 bridgehead atoms. The van der Waals surface area contributed by atoms with Crippen LogP contribution in [0.5, 0.6) is 0 Å². The minimum absolute atomic E-state index is 0.0625. The molecule has 1 aromatic carbocycles. The van der Waals surface area contributed by atoms with Crippen LogP contribution in [0.3, 0.4) is 0 Å². The van der Waals surface area contributed by atoms with E-state index < -0.39 is 0 Å². The number of rotatable bonds is 2. The van der Waals surface area contributed by atoms with Crippen molar-refractivity contribution in [3.05, 3.63) is 35.1 Å². The molecule has 2 unspecified atom stereocenters. The first kappa shape index (κ1) is 11.3. The van der Waals surface area contributed by atoms with Crippen molar-refractivity contribution in [3.8, 4) is 0 Å². The van der Waals surface area contributed by atoms with E-state index in [0.717, 1.165) is 6.42 Å². The Bertz CT molecular complexity index is 414. The Balaban J connectivity index is 2.18. The van der Waals surface area contributed by atoms with E-state index in [2.05, 4.69) is 0 Å². The van der Waals surface area contributed by atoms with Gasteiger partial charge in [-0.25, -0.2) is 4.39 Å². The van der Waals surface area contributed by atoms with E-state index in [9.17, 15) is 9.18 Å². The lowest BCUT2D eigenvalue weighted by Crippen LogP contribution is -2.15. The van der Waals surface area contributed by atoms with Crippen LogP contribution in [0.15, 0.2) is 18.2 Å². The van der Waals surface area contributed by atoms with Gasteiger partial charge in [0.2, 0.25) is 0 Å². The third-order valence-corrected chi connectivity index (χ3v) is 3.01. The molecule has 1 heterocycles. The molecule has 0 spiro atoms. The number of aryl methyl sites for hydroxylation is 1. The fourth-order valence-corrected chi connectivity index (χ4v) is 2.03. The summed E-state index contributed by atoms with van der Waals surface area (Å²) in [6.45, 7) is 4.11. The quantitative estimate of drug-likeness (QED) is 0.719. The molecule has 1 saturated heterocycles. The highest BCUT2D eigenvalue weighted by Crippen LogP contribution is 2.23. The fourth-order valence-electron chi connectivity index (χ4n) is 2.03. The topological polar surface area (TPSA) is 26.3 Å². The summed E-state index contributed by atoms with van der Waals surface area (Å²) in [5.74, 6) is -0.278. The lowest BCUT2D eigenvalue weighted by Gasteiger charge is -2.07. The number of ether oxygens (including phenoxy) is 1. The van der Waals surface area contributed by atoms with Crippen LogP contribution in [0.2, 0.25) is 0 Å². The van der Waals surface area contributed by atoms with Crippen LogP contribution in [-0.4, -0.2) is 18.5 Å². The zero-order chi connectivity index (χ0) is 11.7. The molecule has 2 atom stereocenters. The van der Waals surface area contributed by atoms with Crippen molar-refractivity contribution in [2.24, 2.45) is 5.92 Å². The molecule has 2 nitrogen and oxygen atoms in total. The summed E-state index contributed by atoms with van der Waals surface area (Å²) in [6, 6.07) is 4.51. The lowest BCUT2D eigenvalue weighted by molar-refractivity contribution is 0.0877. The summed E-state index contributed by atoms with van der Waals surface area (Å²) in [5.41, 5.74) is 1.10. The van der Waals surface area contributed by atoms with Crippen LogP contribution in [0.4, 0.5) is 4.39 Å². The minimum atomic E-state index is -0.271. The Morgan fingerprint density at radius 1 is 1.50 bits per heavy atom. The average molecular weight is 222 g/mol. The number of carbonyl (C=O) groups is 1. The molecular formula is C13H15FO2. The second-order valence-electron chi connectivity index (χ2n) is 4.40. The fraction of sp³-hybridized carbons (Fsp3) is 0.462. The molecular weight excluding hydrogens is 207 g/mol. The molecule has 86 valence electrons. The lowest BCUT2D eigenvalue weighted by atomic mass is 9.94. The molecule has 2 rings (SSSR count). The van der Waals surface area contributed by atoms with Crippen LogP contribution in [0.1, 0.15) is 29.3 Å². The van der Waals surface area contributed by atoms with Gasteiger partial charge in [0.05, 0.1) is 12.7 Å². The first-order chi connectivity index (χ1) is 7.58. The van der Waals surface area contributed by atoms with Crippen molar-refractivity contribution in [1.29, 1.82) is 0 Å². The minimum Gasteiger partial charge on any atom is -0.378 e. The highest BCUT2D eigenvalue weighted by molar-refractivity contribution is 5.98. The second kappa shape index (κ2) is 4.34. The number of hydrogen-bond acceptors (Lipinski definition) is 2. The summed E-state index contributed by atoms with van der Waals surface area (Å²) >= 11 is 0. The van der Waals surface area contributed by atoms with Crippen molar-refractivity contribution < 1.29 is 13.9 Å². The highest BCUT2D eigenvalue weighted by Gasteiger charge is 2.28. The maximum Gasteiger partial charge on any atom is 0.168 e. The molecule has 0 amide bonds. The van der Waals surface area contributed by atoms with Crippen LogP contribution in [-0.2, 0) is 4.74 Å². The number of benzene rings is 1. The Labute approximate surface area is 94.4 Å². The molecule has 3 heteroatoms. The largest absolute Gasteiger partial charge is 0.378 e. The zero-order valence-electron chi connectivity index (χ0n) is 9.50. The van der Waals surface area contributed by atoms with Gasteiger partial charge in [-0.05, 0) is 44.0 Å². The Morgan fingerprint density at radius 3 is 2.81 bits per heavy atom. The van der Waals surface area contributed by atoms with Gasteiger partial charge < -0.3 is 4.74 Å². The standard InChI is InChI=1S/C13H15FO2/c1-8-5-10(3-4-12(8)14)13(15)11-6-9(2)16-7-11/h3-5,9,11H,6-7H2,1-2H3. The van der Waals surface area contributed by atoms with Gasteiger partial charge in [0.1, 0.15) is 5.82 Å². The molecule has 0 aliphatic carbocycles. The molecule has 1 aliphatic heterocycles. The number of carbonyl (C=O) groups excluding carboxylic acids is 1. The Morgan fingerprint density at radius 2 is 2.25 bits per heavy atom. The first-order valence-corrected chi connectivity index (χ1v) is 5.50. The summed E-state index contributed by atoms with van der Waals surface area (Å²) in [6.07, 6.45) is 0.908. The van der Waals surface area contributed by atoms with E-state index in [1.165, 1.54) is 6.07 Å². The average Bonchev–Trinajstić information content (AvgIpc) is 2.68. The highest BCUT2D eigenvalue weighted by atomic mass is 19.1. The van der Waals surface area contributed by atoms with Crippen LogP contribution < -0.4 is 0 Å². The van der Waals surface area contributed by atoms with Gasteiger partial charge in [-0.15, -0.1) is 0 Å². The molecule has 1 fully saturated rings. The molecule has 1 aliphatic rings. The van der Waals surface area contributed by atoms with Gasteiger partial charge in [0.15, 0.2) is 5.78 Å². The van der Waals surface area contributed by atoms with Crippen molar-refractivity contribution in [3.63, 3.8) is 0 Å². The summed E-state index contributed by atoms with van der Waals surface area (Å²) in [5, 5.41) is 0. The van der Waals surface area contributed by atoms with Gasteiger partial charge in [-0.2, -0.15) is 0 Å². The normalized spacial score (nSPS) is 24.7. The van der Waals surface area contributed by atoms with Crippen molar-refractivity contribution >= 4 is 5.78 Å². The van der Waals surface area contributed by atoms with E-state index in [0.29, 0.717) is 17.7 Å². The van der Waals surface area contributed by atoms with E-state index in [-0.39, 0.29) is 23.6 Å². The predicted octanol–water partition coefficient (Wildman–Crippen LogP) is 2.74. The monoisotopic (exact) mass is 222 g/mol. The van der Waals surface area contributed by atoms with Gasteiger partial charge in [-0.1, -0.05) is 0 Å². The van der Waals surface area contributed by atoms with Crippen LogP contribution in [0, 0.1) is 18.7 Å². The summed E-state index contributed by atoms with van der Waals surface area (Å²) in [4.78, 5) is 12.1. The molecule has 0 aromatic heterocycles. The van der Waals surface area contributed by atoms with Gasteiger partial charge in [0.25, 0.3) is 0 Å². The third-order valence-electron chi connectivity index (χ3n) is 3.01. The van der Waals surface area contributed by atoms with E-state index in [1.54, 1.807) is 19.1 Å². The third kappa shape index (κ3) is 2.14. The number of hydrogen-bond donors (Lipinski definition) is 0. The van der Waals surface area contributed by atoms with Crippen molar-refractivity contribution in [2.45, 2.75) is 26.4 Å². The van der Waals surface area contributed by atoms with Crippen molar-refractivity contribution in [2.75, 3.05) is 6.61 Å². The zero-order valence-corrected chi connectivity index (χ0v) is 9.50. The maximum absolute atomic E-state index is 13.1. The smallest absolute Gasteiger partial charge is 0.168 e. The summed E-state index contributed by atoms with van der Waals surface area (Å²) in [7, 11) is 0. The van der Waals surface area contributed by atoms with Gasteiger partial charge in [0, 0.05) is 11.5 Å². The van der Waals surface area contributed by atoms with Gasteiger partial charge in [-0.3, -0.25) is 4.79 Å². The Kier molecular flexibility index (Phi) is 3.06. The number of Topliss-reactive ketones (excluding diaryl/α,β-unsaturated/α-hetero) is 1. The van der Waals surface area contributed by atoms with E-state index >= 15 is 0 Å². The molecule has 0 radical (unpaired) electrons. The van der Waals surface area contributed by atoms with Gasteiger partial charge >= 0.3 is 0 Å². The van der Waals surface area contributed by atoms with E-state index in [1.807, 2.05) is 6.92 Å². The SMILES string of the molecule is Cc1cc(C(=O)C2COC(C)C2)ccc1F. The van der Waals surface area contributed by atoms with Crippen LogP contribution >= 0.6 is 0 Å². The molecule has 16 heavy (non-hydrogen) atoms. The second-order valence-corrected chi connectivity index (χ2v) is 4.40. The molecule has 1 aromatic rings. The molecule has 0 saturated carbocycles. The number of halogens is 1. The number of ketones is 1. The predicted molar refractivity (Wildman–Crippen MR) is 59.0 cm³/mol. The van der Waals surface area contributed by atoms with E-state index in [4.69, 9.17) is 4.74 Å². The van der Waals surface area contributed by atoms with Crippen LogP contribution in [0.25, 0.3) is 0 Å². The maximum atomic E-state index is 13.1. The Hall–Kier alpha value is -1.22. The molecule has 0 N–H and O–H groups in total.